The van der Waals surface area contributed by atoms with Crippen molar-refractivity contribution in [3.8, 4) is 6.07 Å². The van der Waals surface area contributed by atoms with Crippen LogP contribution in [0.2, 0.25) is 5.02 Å². The Balaban J connectivity index is 1.43. The van der Waals surface area contributed by atoms with Gasteiger partial charge in [0.15, 0.2) is 0 Å². The predicted molar refractivity (Wildman–Crippen MR) is 133 cm³/mol. The van der Waals surface area contributed by atoms with Crippen molar-refractivity contribution in [2.45, 2.75) is 43.5 Å². The number of nitriles is 1. The van der Waals surface area contributed by atoms with E-state index in [9.17, 15) is 24.2 Å². The third-order valence-corrected chi connectivity index (χ3v) is 6.96. The van der Waals surface area contributed by atoms with Crippen molar-refractivity contribution >= 4 is 33.9 Å². The average molecular weight is 543 g/mol. The summed E-state index contributed by atoms with van der Waals surface area (Å²) in [5.74, 6) is -1.99. The van der Waals surface area contributed by atoms with Crippen LogP contribution in [-0.4, -0.2) is 32.2 Å². The molecule has 38 heavy (non-hydrogen) atoms. The molecule has 0 bridgehead atoms. The summed E-state index contributed by atoms with van der Waals surface area (Å²) in [5.41, 5.74) is 1.47. The Labute approximate surface area is 220 Å². The van der Waals surface area contributed by atoms with Crippen LogP contribution in [0.5, 0.6) is 0 Å². The lowest BCUT2D eigenvalue weighted by Crippen LogP contribution is -2.18. The van der Waals surface area contributed by atoms with Crippen LogP contribution in [0.15, 0.2) is 48.8 Å². The van der Waals surface area contributed by atoms with Crippen LogP contribution in [0.3, 0.4) is 0 Å². The molecule has 2 aliphatic rings. The van der Waals surface area contributed by atoms with Crippen LogP contribution in [-0.2, 0) is 0 Å². The molecular formula is C26H20ClF4N7. The summed E-state index contributed by atoms with van der Waals surface area (Å²) in [6.07, 6.45) is 0.376. The van der Waals surface area contributed by atoms with E-state index >= 15 is 0 Å². The molecule has 0 aliphatic heterocycles. The van der Waals surface area contributed by atoms with Gasteiger partial charge in [-0.3, -0.25) is 4.98 Å². The first-order valence-corrected chi connectivity index (χ1v) is 12.3. The molecule has 194 valence electrons. The minimum absolute atomic E-state index is 0.0617. The van der Waals surface area contributed by atoms with Gasteiger partial charge in [0.05, 0.1) is 47.3 Å². The molecule has 7 nitrogen and oxygen atoms in total. The number of rotatable bonds is 7. The van der Waals surface area contributed by atoms with Gasteiger partial charge in [-0.05, 0) is 49.1 Å². The van der Waals surface area contributed by atoms with E-state index in [1.165, 1.54) is 36.5 Å². The number of nitrogens with one attached hydrogen (secondary N) is 2. The van der Waals surface area contributed by atoms with Crippen molar-refractivity contribution in [1.82, 2.24) is 20.0 Å². The van der Waals surface area contributed by atoms with Gasteiger partial charge in [0.1, 0.15) is 17.6 Å². The van der Waals surface area contributed by atoms with Crippen molar-refractivity contribution in [3.63, 3.8) is 0 Å². The molecule has 1 unspecified atom stereocenters. The van der Waals surface area contributed by atoms with Gasteiger partial charge in [-0.15, -0.1) is 5.10 Å². The molecule has 2 N–H and O–H groups in total. The molecule has 2 aromatic carbocycles. The average Bonchev–Trinajstić information content (AvgIpc) is 3.82. The van der Waals surface area contributed by atoms with Crippen LogP contribution in [0.25, 0.3) is 10.9 Å². The monoisotopic (exact) mass is 542 g/mol. The number of benzene rings is 2. The highest BCUT2D eigenvalue weighted by Gasteiger charge is 2.56. The number of anilines is 2. The van der Waals surface area contributed by atoms with Crippen molar-refractivity contribution < 1.29 is 18.9 Å². The third kappa shape index (κ3) is 4.72. The summed E-state index contributed by atoms with van der Waals surface area (Å²) in [7, 11) is 0. The van der Waals surface area contributed by atoms with Crippen LogP contribution >= 0.6 is 11.6 Å². The summed E-state index contributed by atoms with van der Waals surface area (Å²) < 4.78 is 64.4. The molecule has 12 heteroatoms. The first-order chi connectivity index (χ1) is 18.6. The Kier molecular flexibility index (Phi) is 5.58. The molecule has 0 saturated heterocycles. The fourth-order valence-corrected chi connectivity index (χ4v) is 4.70. The number of hydrogen-bond donors (Lipinski definition) is 2. The molecule has 4 aromatic rings. The molecule has 0 amide bonds. The minimum Gasteiger partial charge on any atom is -0.380 e. The zero-order chi connectivity index (χ0) is 27.5. The maximum atomic E-state index is 13.7. The van der Waals surface area contributed by atoms with E-state index in [1.807, 2.05) is 6.07 Å². The Hall–Kier alpha value is -3.91. The van der Waals surface area contributed by atoms with E-state index in [2.05, 4.69) is 25.9 Å². The molecule has 2 fully saturated rings. The number of halogens is 5. The molecule has 0 radical (unpaired) electrons. The summed E-state index contributed by atoms with van der Waals surface area (Å²) in [6, 6.07) is 8.05. The first kappa shape index (κ1) is 23.2. The fraction of sp³-hybridized carbons (Fsp3) is 0.308. The van der Waals surface area contributed by atoms with Gasteiger partial charge in [-0.25, -0.2) is 9.07 Å². The highest BCUT2D eigenvalue weighted by Crippen LogP contribution is 2.47. The second-order valence-corrected chi connectivity index (χ2v) is 9.88. The Morgan fingerprint density at radius 2 is 1.97 bits per heavy atom. The van der Waals surface area contributed by atoms with Crippen molar-refractivity contribution in [2.24, 2.45) is 5.92 Å². The largest absolute Gasteiger partial charge is 0.393 e. The van der Waals surface area contributed by atoms with Gasteiger partial charge in [0.2, 0.25) is 0 Å². The van der Waals surface area contributed by atoms with Crippen LogP contribution in [0, 0.1) is 23.1 Å². The Morgan fingerprint density at radius 3 is 2.63 bits per heavy atom. The Morgan fingerprint density at radius 1 is 1.21 bits per heavy atom. The number of alkyl halides is 3. The molecule has 3 atom stereocenters. The van der Waals surface area contributed by atoms with E-state index in [1.54, 1.807) is 16.9 Å². The summed E-state index contributed by atoms with van der Waals surface area (Å²) in [6.45, 7) is 0. The molecule has 0 spiro atoms. The number of aromatic nitrogens is 4. The van der Waals surface area contributed by atoms with Crippen LogP contribution < -0.4 is 10.6 Å². The van der Waals surface area contributed by atoms with E-state index in [-0.39, 0.29) is 39.9 Å². The molecule has 2 heterocycles. The Bertz CT molecular complexity index is 1610. The lowest BCUT2D eigenvalue weighted by Gasteiger charge is -2.20. The first-order valence-electron chi connectivity index (χ1n) is 12.4. The maximum absolute atomic E-state index is 13.7. The second-order valence-electron chi connectivity index (χ2n) is 9.47. The molecule has 2 saturated carbocycles. The highest BCUT2D eigenvalue weighted by atomic mass is 35.5. The van der Waals surface area contributed by atoms with Crippen molar-refractivity contribution in [2.75, 3.05) is 10.6 Å². The van der Waals surface area contributed by atoms with E-state index in [0.29, 0.717) is 16.6 Å². The highest BCUT2D eigenvalue weighted by molar-refractivity contribution is 6.35. The zero-order valence-corrected chi connectivity index (χ0v) is 20.4. The van der Waals surface area contributed by atoms with E-state index in [4.69, 9.17) is 11.6 Å². The fourth-order valence-electron chi connectivity index (χ4n) is 4.43. The summed E-state index contributed by atoms with van der Waals surface area (Å²) in [4.78, 5) is 4.24. The standard InChI is InChI=1S/C26H20ClF4N7/c27-20-8-16(7-18-23(14(10-32)11-33-25(18)20)35-21-9-19(21)26(29,30)31)34-24(13-1-3-15(28)4-2-13)22-12-38(37-36-22)17-5-6-17/h1-4,7-8,11-12,17,19,21,24,34H,5-6,9H2,(H,33,35)/t19-,21-,24?/m1/s1/i24D. The van der Waals surface area contributed by atoms with Gasteiger partial charge in [-0.1, -0.05) is 28.9 Å². The lowest BCUT2D eigenvalue weighted by molar-refractivity contribution is -0.147. The smallest absolute Gasteiger partial charge is 0.380 e. The van der Waals surface area contributed by atoms with Crippen LogP contribution in [0.1, 0.15) is 49.5 Å². The van der Waals surface area contributed by atoms with Gasteiger partial charge in [0, 0.05) is 23.3 Å². The molecular weight excluding hydrogens is 522 g/mol. The maximum Gasteiger partial charge on any atom is 0.393 e. The van der Waals surface area contributed by atoms with E-state index < -0.39 is 30.0 Å². The molecule has 2 aliphatic carbocycles. The van der Waals surface area contributed by atoms with Gasteiger partial charge >= 0.3 is 6.18 Å². The van der Waals surface area contributed by atoms with Crippen molar-refractivity contribution in [3.05, 3.63) is 76.5 Å². The van der Waals surface area contributed by atoms with E-state index in [0.717, 1.165) is 12.8 Å². The van der Waals surface area contributed by atoms with Gasteiger partial charge in [-0.2, -0.15) is 18.4 Å². The molecule has 2 aromatic heterocycles. The number of nitrogens with zero attached hydrogens (tertiary/aromatic N) is 5. The van der Waals surface area contributed by atoms with Gasteiger partial charge < -0.3 is 10.6 Å². The molecule has 6 rings (SSSR count). The lowest BCUT2D eigenvalue weighted by atomic mass is 10.0. The number of fused-ring (bicyclic) bond motifs is 1. The third-order valence-electron chi connectivity index (χ3n) is 6.68. The minimum atomic E-state index is -4.35. The SMILES string of the molecule is [2H]C(Nc1cc(Cl)c2ncc(C#N)c(N[C@@H]3C[C@H]3C(F)(F)F)c2c1)(c1ccc(F)cc1)c1cn(C2CC2)nn1. The predicted octanol–water partition coefficient (Wildman–Crippen LogP) is 6.39. The quantitative estimate of drug-likeness (QED) is 0.263. The topological polar surface area (TPSA) is 91.5 Å². The van der Waals surface area contributed by atoms with Crippen LogP contribution in [0.4, 0.5) is 28.9 Å². The zero-order valence-electron chi connectivity index (χ0n) is 20.6. The second kappa shape index (κ2) is 9.13. The van der Waals surface area contributed by atoms with Gasteiger partial charge in [0.25, 0.3) is 0 Å². The number of pyridine rings is 1. The summed E-state index contributed by atoms with van der Waals surface area (Å²) >= 11 is 6.54. The van der Waals surface area contributed by atoms with Crippen molar-refractivity contribution in [1.29, 1.82) is 5.26 Å². The summed E-state index contributed by atoms with van der Waals surface area (Å²) in [5, 5.41) is 24.5. The number of hydrogen-bond acceptors (Lipinski definition) is 6. The normalized spacial score (nSPS) is 20.9.